The molecular weight excluding hydrogens is 250 g/mol. The number of fused-ring (bicyclic) bond motifs is 1. The molecule has 3 N–H and O–H groups in total. The van der Waals surface area contributed by atoms with Gasteiger partial charge >= 0.3 is 0 Å². The molecule has 19 heavy (non-hydrogen) atoms. The summed E-state index contributed by atoms with van der Waals surface area (Å²) in [6.07, 6.45) is 0. The molecule has 0 bridgehead atoms. The van der Waals surface area contributed by atoms with Crippen molar-refractivity contribution < 1.29 is 14.1 Å². The molecule has 3 aromatic rings. The fraction of sp³-hybridized carbons (Fsp3) is 0.182. The molecule has 0 aliphatic rings. The Labute approximate surface area is 107 Å². The van der Waals surface area contributed by atoms with Gasteiger partial charge in [0.25, 0.3) is 0 Å². The number of ether oxygens (including phenoxy) is 2. The minimum atomic E-state index is 0.179. The molecule has 8 nitrogen and oxygen atoms in total. The lowest BCUT2D eigenvalue weighted by Crippen LogP contribution is -1.89. The zero-order chi connectivity index (χ0) is 13.4. The molecule has 0 atom stereocenters. The van der Waals surface area contributed by atoms with Gasteiger partial charge in [-0.2, -0.15) is 0 Å². The molecule has 2 aromatic heterocycles. The van der Waals surface area contributed by atoms with Crippen LogP contribution >= 0.6 is 0 Å². The van der Waals surface area contributed by atoms with Crippen LogP contribution in [0.25, 0.3) is 22.6 Å². The Morgan fingerprint density at radius 3 is 2.53 bits per heavy atom. The van der Waals surface area contributed by atoms with Crippen LogP contribution in [0.5, 0.6) is 11.5 Å². The zero-order valence-electron chi connectivity index (χ0n) is 10.3. The highest BCUT2D eigenvalue weighted by atomic mass is 16.6. The predicted molar refractivity (Wildman–Crippen MR) is 66.9 cm³/mol. The van der Waals surface area contributed by atoms with Crippen molar-refractivity contribution in [2.24, 2.45) is 0 Å². The number of benzene rings is 1. The maximum absolute atomic E-state index is 5.63. The summed E-state index contributed by atoms with van der Waals surface area (Å²) in [7, 11) is 3.14. The minimum absolute atomic E-state index is 0.179. The fourth-order valence-electron chi connectivity index (χ4n) is 1.81. The van der Waals surface area contributed by atoms with Gasteiger partial charge in [0.05, 0.1) is 25.3 Å². The molecule has 98 valence electrons. The normalized spacial score (nSPS) is 10.8. The highest BCUT2D eigenvalue weighted by Gasteiger charge is 2.15. The van der Waals surface area contributed by atoms with Crippen LogP contribution in [0, 0.1) is 0 Å². The molecule has 0 spiro atoms. The largest absolute Gasteiger partial charge is 0.493 e. The Kier molecular flexibility index (Phi) is 2.48. The summed E-state index contributed by atoms with van der Waals surface area (Å²) in [5, 5.41) is 7.21. The topological polar surface area (TPSA) is 112 Å². The van der Waals surface area contributed by atoms with Gasteiger partial charge in [0.1, 0.15) is 0 Å². The average molecular weight is 261 g/mol. The van der Waals surface area contributed by atoms with Crippen molar-refractivity contribution in [3.05, 3.63) is 12.1 Å². The van der Waals surface area contributed by atoms with Crippen LogP contribution in [0.4, 0.5) is 5.82 Å². The van der Waals surface area contributed by atoms with Gasteiger partial charge in [-0.25, -0.2) is 9.61 Å². The van der Waals surface area contributed by atoms with Gasteiger partial charge in [-0.1, -0.05) is 0 Å². The lowest BCUT2D eigenvalue weighted by atomic mass is 10.3. The number of methoxy groups -OCH3 is 2. The maximum atomic E-state index is 5.63. The summed E-state index contributed by atoms with van der Waals surface area (Å²) in [5.74, 6) is 1.86. The van der Waals surface area contributed by atoms with Gasteiger partial charge in [0.2, 0.25) is 0 Å². The second-order valence-corrected chi connectivity index (χ2v) is 3.81. The Bertz CT molecular complexity index is 692. The van der Waals surface area contributed by atoms with E-state index in [0.29, 0.717) is 28.5 Å². The van der Waals surface area contributed by atoms with Crippen molar-refractivity contribution in [3.8, 4) is 23.0 Å². The van der Waals surface area contributed by atoms with Crippen LogP contribution in [0.3, 0.4) is 0 Å². The number of aromatic amines is 1. The first-order valence-electron chi connectivity index (χ1n) is 5.43. The molecule has 0 unspecified atom stereocenters. The van der Waals surface area contributed by atoms with E-state index in [2.05, 4.69) is 24.9 Å². The second kappa shape index (κ2) is 4.16. The van der Waals surface area contributed by atoms with Crippen molar-refractivity contribution in [3.63, 3.8) is 0 Å². The summed E-state index contributed by atoms with van der Waals surface area (Å²) >= 11 is 0. The van der Waals surface area contributed by atoms with Crippen molar-refractivity contribution in [2.45, 2.75) is 0 Å². The third-order valence-electron chi connectivity index (χ3n) is 2.73. The Morgan fingerprint density at radius 1 is 1.16 bits per heavy atom. The first-order valence-corrected chi connectivity index (χ1v) is 5.43. The number of imidazole rings is 1. The second-order valence-electron chi connectivity index (χ2n) is 3.81. The van der Waals surface area contributed by atoms with E-state index in [4.69, 9.17) is 15.2 Å². The molecule has 0 amide bonds. The standard InChI is InChI=1S/C11H11N5O3/c1-17-7-3-5-6(4-8(7)18-2)14-11(13-5)9-10(12)16-19-15-9/h3-4H,1-2H3,(H2,12,16)(H,13,14). The molecule has 0 saturated carbocycles. The van der Waals surface area contributed by atoms with E-state index in [-0.39, 0.29) is 5.82 Å². The van der Waals surface area contributed by atoms with E-state index in [1.54, 1.807) is 26.4 Å². The number of hydrogen-bond donors (Lipinski definition) is 2. The molecule has 0 fully saturated rings. The van der Waals surface area contributed by atoms with Gasteiger partial charge in [0.15, 0.2) is 28.8 Å². The van der Waals surface area contributed by atoms with Gasteiger partial charge in [0, 0.05) is 12.1 Å². The number of nitrogen functional groups attached to an aromatic ring is 1. The third-order valence-corrected chi connectivity index (χ3v) is 2.73. The number of H-pyrrole nitrogens is 1. The fourth-order valence-corrected chi connectivity index (χ4v) is 1.81. The molecule has 0 aliphatic heterocycles. The molecule has 0 radical (unpaired) electrons. The van der Waals surface area contributed by atoms with Gasteiger partial charge in [-0.15, -0.1) is 0 Å². The molecule has 8 heteroatoms. The maximum Gasteiger partial charge on any atom is 0.199 e. The van der Waals surface area contributed by atoms with Crippen LogP contribution < -0.4 is 15.2 Å². The Hall–Kier alpha value is -2.77. The Balaban J connectivity index is 2.18. The summed E-state index contributed by atoms with van der Waals surface area (Å²) in [5.41, 5.74) is 7.48. The van der Waals surface area contributed by atoms with Crippen molar-refractivity contribution in [1.29, 1.82) is 0 Å². The Morgan fingerprint density at radius 2 is 1.89 bits per heavy atom. The van der Waals surface area contributed by atoms with E-state index in [1.807, 2.05) is 0 Å². The molecule has 1 aromatic carbocycles. The highest BCUT2D eigenvalue weighted by Crippen LogP contribution is 2.32. The monoisotopic (exact) mass is 261 g/mol. The highest BCUT2D eigenvalue weighted by molar-refractivity contribution is 5.83. The summed E-state index contributed by atoms with van der Waals surface area (Å²) in [4.78, 5) is 7.44. The number of anilines is 1. The van der Waals surface area contributed by atoms with E-state index in [9.17, 15) is 0 Å². The van der Waals surface area contributed by atoms with E-state index >= 15 is 0 Å². The van der Waals surface area contributed by atoms with Crippen LogP contribution in [-0.2, 0) is 0 Å². The van der Waals surface area contributed by atoms with Crippen LogP contribution in [0.2, 0.25) is 0 Å². The SMILES string of the molecule is COc1cc2nc(-c3nonc3N)[nH]c2cc1OC. The number of aromatic nitrogens is 4. The van der Waals surface area contributed by atoms with Gasteiger partial charge in [-0.05, 0) is 10.3 Å². The minimum Gasteiger partial charge on any atom is -0.493 e. The predicted octanol–water partition coefficient (Wildman–Crippen LogP) is 1.21. The lowest BCUT2D eigenvalue weighted by molar-refractivity contribution is 0.310. The molecule has 3 rings (SSSR count). The number of rotatable bonds is 3. The number of nitrogens with zero attached hydrogens (tertiary/aromatic N) is 3. The summed E-state index contributed by atoms with van der Waals surface area (Å²) in [6.45, 7) is 0. The lowest BCUT2D eigenvalue weighted by Gasteiger charge is -2.06. The van der Waals surface area contributed by atoms with E-state index in [1.165, 1.54) is 0 Å². The molecule has 0 aliphatic carbocycles. The van der Waals surface area contributed by atoms with E-state index < -0.39 is 0 Å². The summed E-state index contributed by atoms with van der Waals surface area (Å²) < 4.78 is 15.0. The average Bonchev–Trinajstić information content (AvgIpc) is 3.01. The number of hydrogen-bond acceptors (Lipinski definition) is 7. The van der Waals surface area contributed by atoms with Crippen molar-refractivity contribution in [1.82, 2.24) is 20.3 Å². The first kappa shape index (κ1) is 11.3. The van der Waals surface area contributed by atoms with Crippen LogP contribution in [-0.4, -0.2) is 34.5 Å². The first-order chi connectivity index (χ1) is 9.22. The van der Waals surface area contributed by atoms with Crippen molar-refractivity contribution in [2.75, 3.05) is 20.0 Å². The van der Waals surface area contributed by atoms with Crippen LogP contribution in [0.1, 0.15) is 0 Å². The zero-order valence-corrected chi connectivity index (χ0v) is 10.3. The van der Waals surface area contributed by atoms with Crippen molar-refractivity contribution >= 4 is 16.9 Å². The number of nitrogens with two attached hydrogens (primary N) is 1. The molecular formula is C11H11N5O3. The smallest absolute Gasteiger partial charge is 0.199 e. The third kappa shape index (κ3) is 1.73. The van der Waals surface area contributed by atoms with E-state index in [0.717, 1.165) is 5.52 Å². The van der Waals surface area contributed by atoms with Crippen LogP contribution in [0.15, 0.2) is 16.8 Å². The molecule has 2 heterocycles. The quantitative estimate of drug-likeness (QED) is 0.728. The molecule has 0 saturated heterocycles. The number of nitrogens with one attached hydrogen (secondary N) is 1. The summed E-state index contributed by atoms with van der Waals surface area (Å²) in [6, 6.07) is 3.55. The van der Waals surface area contributed by atoms with Gasteiger partial charge < -0.3 is 20.2 Å². The van der Waals surface area contributed by atoms with Gasteiger partial charge in [-0.3, -0.25) is 0 Å².